The monoisotopic (exact) mass is 396 g/mol. The molecule has 7 heteroatoms. The van der Waals surface area contributed by atoms with Gasteiger partial charge in [0.15, 0.2) is 0 Å². The highest BCUT2D eigenvalue weighted by Crippen LogP contribution is 2.11. The van der Waals surface area contributed by atoms with E-state index in [2.05, 4.69) is 30.4 Å². The summed E-state index contributed by atoms with van der Waals surface area (Å²) in [5.41, 5.74) is 0. The average molecular weight is 397 g/mol. The van der Waals surface area contributed by atoms with E-state index >= 15 is 0 Å². The molecule has 0 aliphatic carbocycles. The summed E-state index contributed by atoms with van der Waals surface area (Å²) in [4.78, 5) is 2.43. The number of hydrogen-bond donors (Lipinski definition) is 1. The maximum Gasteiger partial charge on any atom is 0.208 e. The third-order valence-corrected chi connectivity index (χ3v) is 4.96. The van der Waals surface area contributed by atoms with Crippen LogP contribution in [0.15, 0.2) is 0 Å². The fraction of sp³-hybridized carbons (Fsp3) is 1.00. The van der Waals surface area contributed by atoms with Crippen LogP contribution >= 0.6 is 0 Å². The zero-order valence-corrected chi connectivity index (χ0v) is 18.9. The number of nitrogens with one attached hydrogen (secondary N) is 1. The van der Waals surface area contributed by atoms with Gasteiger partial charge in [-0.25, -0.2) is 13.1 Å². The Bertz CT molecular complexity index is 368. The van der Waals surface area contributed by atoms with E-state index in [4.69, 9.17) is 9.47 Å². The number of methoxy groups -OCH3 is 2. The van der Waals surface area contributed by atoms with Gasteiger partial charge >= 0.3 is 0 Å². The lowest BCUT2D eigenvalue weighted by atomic mass is 10.00. The number of unbranched alkanes of at least 4 members (excludes halogenated alkanes) is 1. The van der Waals surface area contributed by atoms with E-state index in [1.165, 1.54) is 19.1 Å². The summed E-state index contributed by atoms with van der Waals surface area (Å²) in [6.45, 7) is 12.1. The van der Waals surface area contributed by atoms with Gasteiger partial charge < -0.3 is 14.4 Å². The standard InChI is InChI=1S/C10H23NO2.C9H21NO2S/c1-4-11(7-5-9-12-2)8-6-10-13-3;1-4-6-7-9(5-2)8-10-13(3,11)12/h4-10H2,1-3H3;9-10H,4-8H2,1-3H3. The van der Waals surface area contributed by atoms with Gasteiger partial charge in [-0.2, -0.15) is 0 Å². The molecule has 0 aromatic heterocycles. The summed E-state index contributed by atoms with van der Waals surface area (Å²) in [6.07, 6.45) is 7.98. The van der Waals surface area contributed by atoms with E-state index in [0.717, 1.165) is 58.5 Å². The quantitative estimate of drug-likeness (QED) is 0.406. The molecule has 0 radical (unpaired) electrons. The lowest BCUT2D eigenvalue weighted by Crippen LogP contribution is -2.28. The third kappa shape index (κ3) is 21.8. The first-order valence-corrected chi connectivity index (χ1v) is 11.9. The molecule has 0 fully saturated rings. The summed E-state index contributed by atoms with van der Waals surface area (Å²) in [6, 6.07) is 0. The molecule has 0 saturated heterocycles. The van der Waals surface area contributed by atoms with Gasteiger partial charge in [0.2, 0.25) is 10.0 Å². The van der Waals surface area contributed by atoms with Crippen molar-refractivity contribution in [2.75, 3.05) is 59.9 Å². The lowest BCUT2D eigenvalue weighted by Gasteiger charge is -2.19. The number of ether oxygens (including phenoxy) is 2. The molecule has 0 spiro atoms. The molecule has 0 saturated carbocycles. The maximum absolute atomic E-state index is 10.8. The van der Waals surface area contributed by atoms with Crippen LogP contribution in [0.25, 0.3) is 0 Å². The molecule has 0 amide bonds. The summed E-state index contributed by atoms with van der Waals surface area (Å²) in [7, 11) is 0.498. The minimum atomic E-state index is -3.00. The van der Waals surface area contributed by atoms with Crippen LogP contribution in [0.1, 0.15) is 59.3 Å². The van der Waals surface area contributed by atoms with Crippen LogP contribution in [0, 0.1) is 5.92 Å². The highest BCUT2D eigenvalue weighted by Gasteiger charge is 2.08. The molecule has 0 aliphatic rings. The average Bonchev–Trinajstić information content (AvgIpc) is 2.60. The van der Waals surface area contributed by atoms with Crippen molar-refractivity contribution in [3.05, 3.63) is 0 Å². The van der Waals surface area contributed by atoms with Crippen LogP contribution in [-0.2, 0) is 19.5 Å². The molecule has 1 unspecified atom stereocenters. The van der Waals surface area contributed by atoms with E-state index in [-0.39, 0.29) is 0 Å². The van der Waals surface area contributed by atoms with Crippen LogP contribution < -0.4 is 4.72 Å². The van der Waals surface area contributed by atoms with E-state index in [1.807, 2.05) is 0 Å². The van der Waals surface area contributed by atoms with Crippen LogP contribution in [0.5, 0.6) is 0 Å². The SMILES string of the molecule is CCCCC(CC)CNS(C)(=O)=O.CCN(CCCOC)CCCOC. The van der Waals surface area contributed by atoms with Crippen molar-refractivity contribution in [2.45, 2.75) is 59.3 Å². The van der Waals surface area contributed by atoms with Crippen molar-refractivity contribution >= 4 is 10.0 Å². The fourth-order valence-electron chi connectivity index (χ4n) is 2.51. The highest BCUT2D eigenvalue weighted by atomic mass is 32.2. The number of sulfonamides is 1. The molecule has 1 N–H and O–H groups in total. The fourth-order valence-corrected chi connectivity index (χ4v) is 3.04. The summed E-state index contributed by atoms with van der Waals surface area (Å²) < 4.78 is 34.2. The van der Waals surface area contributed by atoms with Crippen LogP contribution in [0.2, 0.25) is 0 Å². The molecule has 0 aliphatic heterocycles. The number of rotatable bonds is 16. The number of hydrogen-bond acceptors (Lipinski definition) is 5. The Morgan fingerprint density at radius 2 is 1.50 bits per heavy atom. The predicted octanol–water partition coefficient (Wildman–Crippen LogP) is 3.13. The first-order valence-electron chi connectivity index (χ1n) is 9.99. The molecule has 26 heavy (non-hydrogen) atoms. The summed E-state index contributed by atoms with van der Waals surface area (Å²) >= 11 is 0. The Hall–Kier alpha value is -0.210. The Balaban J connectivity index is 0. The second kappa shape index (κ2) is 19.5. The predicted molar refractivity (Wildman–Crippen MR) is 111 cm³/mol. The first-order chi connectivity index (χ1) is 12.3. The molecule has 0 bridgehead atoms. The largest absolute Gasteiger partial charge is 0.385 e. The van der Waals surface area contributed by atoms with Crippen molar-refractivity contribution in [1.29, 1.82) is 0 Å². The van der Waals surface area contributed by atoms with Gasteiger partial charge in [-0.15, -0.1) is 0 Å². The van der Waals surface area contributed by atoms with Crippen molar-refractivity contribution < 1.29 is 17.9 Å². The van der Waals surface area contributed by atoms with Gasteiger partial charge in [0, 0.05) is 47.1 Å². The second-order valence-corrected chi connectivity index (χ2v) is 8.50. The van der Waals surface area contributed by atoms with Crippen LogP contribution in [0.3, 0.4) is 0 Å². The minimum Gasteiger partial charge on any atom is -0.385 e. The molecular formula is C19H44N2O4S. The molecule has 0 rings (SSSR count). The molecular weight excluding hydrogens is 352 g/mol. The van der Waals surface area contributed by atoms with Crippen molar-refractivity contribution in [3.8, 4) is 0 Å². The molecule has 6 nitrogen and oxygen atoms in total. The van der Waals surface area contributed by atoms with E-state index in [9.17, 15) is 8.42 Å². The van der Waals surface area contributed by atoms with Crippen molar-refractivity contribution in [3.63, 3.8) is 0 Å². The van der Waals surface area contributed by atoms with Gasteiger partial charge in [0.05, 0.1) is 6.26 Å². The maximum atomic E-state index is 10.8. The van der Waals surface area contributed by atoms with Gasteiger partial charge in [-0.3, -0.25) is 0 Å². The van der Waals surface area contributed by atoms with Gasteiger partial charge in [0.1, 0.15) is 0 Å². The van der Waals surface area contributed by atoms with E-state index in [0.29, 0.717) is 12.5 Å². The summed E-state index contributed by atoms with van der Waals surface area (Å²) in [5.74, 6) is 0.495. The Labute approximate surface area is 163 Å². The zero-order chi connectivity index (χ0) is 20.3. The number of nitrogens with zero attached hydrogens (tertiary/aromatic N) is 1. The normalized spacial score (nSPS) is 12.7. The molecule has 1 atom stereocenters. The van der Waals surface area contributed by atoms with E-state index < -0.39 is 10.0 Å². The lowest BCUT2D eigenvalue weighted by molar-refractivity contribution is 0.156. The molecule has 0 heterocycles. The molecule has 160 valence electrons. The first kappa shape index (κ1) is 28.0. The molecule has 0 aromatic rings. The zero-order valence-electron chi connectivity index (χ0n) is 18.1. The third-order valence-electron chi connectivity index (χ3n) is 4.27. The van der Waals surface area contributed by atoms with Gasteiger partial charge in [0.25, 0.3) is 0 Å². The Morgan fingerprint density at radius 1 is 0.962 bits per heavy atom. The van der Waals surface area contributed by atoms with Crippen LogP contribution in [-0.4, -0.2) is 73.2 Å². The van der Waals surface area contributed by atoms with Gasteiger partial charge in [-0.1, -0.05) is 40.0 Å². The Morgan fingerprint density at radius 3 is 1.85 bits per heavy atom. The van der Waals surface area contributed by atoms with E-state index in [1.54, 1.807) is 14.2 Å². The summed E-state index contributed by atoms with van der Waals surface area (Å²) in [5, 5.41) is 0. The minimum absolute atomic E-state index is 0.495. The molecule has 0 aromatic carbocycles. The highest BCUT2D eigenvalue weighted by molar-refractivity contribution is 7.88. The smallest absolute Gasteiger partial charge is 0.208 e. The van der Waals surface area contributed by atoms with Crippen molar-refractivity contribution in [2.24, 2.45) is 5.92 Å². The Kier molecular flexibility index (Phi) is 21.1. The second-order valence-electron chi connectivity index (χ2n) is 6.66. The van der Waals surface area contributed by atoms with Crippen LogP contribution in [0.4, 0.5) is 0 Å². The topological polar surface area (TPSA) is 67.9 Å². The van der Waals surface area contributed by atoms with Gasteiger partial charge in [-0.05, 0) is 31.7 Å². The van der Waals surface area contributed by atoms with Crippen molar-refractivity contribution in [1.82, 2.24) is 9.62 Å².